The van der Waals surface area contributed by atoms with Gasteiger partial charge in [0.25, 0.3) is 10.0 Å². The zero-order valence-corrected chi connectivity index (χ0v) is 11.2. The zero-order valence-electron chi connectivity index (χ0n) is 10.4. The lowest BCUT2D eigenvalue weighted by Gasteiger charge is -2.08. The summed E-state index contributed by atoms with van der Waals surface area (Å²) in [5.74, 6) is -0.473. The summed E-state index contributed by atoms with van der Waals surface area (Å²) in [6, 6.07) is 4.90. The van der Waals surface area contributed by atoms with Gasteiger partial charge in [0.1, 0.15) is 11.6 Å². The predicted molar refractivity (Wildman–Crippen MR) is 69.6 cm³/mol. The van der Waals surface area contributed by atoms with Crippen molar-refractivity contribution in [2.24, 2.45) is 7.05 Å². The van der Waals surface area contributed by atoms with Gasteiger partial charge in [-0.25, -0.2) is 12.8 Å². The molecule has 0 atom stereocenters. The number of nitrogens with one attached hydrogen (secondary N) is 1. The van der Waals surface area contributed by atoms with Crippen LogP contribution in [0.3, 0.4) is 0 Å². The Morgan fingerprint density at radius 1 is 1.37 bits per heavy atom. The largest absolute Gasteiger partial charge is 0.396 e. The van der Waals surface area contributed by atoms with Crippen LogP contribution in [0.15, 0.2) is 29.2 Å². The number of sulfonamides is 1. The molecular formula is C11H13FN4O2S. The Bertz CT molecular complexity index is 724. The molecule has 0 fully saturated rings. The summed E-state index contributed by atoms with van der Waals surface area (Å²) in [7, 11) is -2.26. The lowest BCUT2D eigenvalue weighted by molar-refractivity contribution is 0.595. The normalized spacial score (nSPS) is 11.5. The lowest BCUT2D eigenvalue weighted by Crippen LogP contribution is -2.15. The van der Waals surface area contributed by atoms with Crippen LogP contribution >= 0.6 is 0 Å². The topological polar surface area (TPSA) is 90.0 Å². The Kier molecular flexibility index (Phi) is 3.19. The van der Waals surface area contributed by atoms with Gasteiger partial charge < -0.3 is 5.73 Å². The van der Waals surface area contributed by atoms with Crippen LogP contribution in [0.5, 0.6) is 0 Å². The summed E-state index contributed by atoms with van der Waals surface area (Å²) < 4.78 is 41.2. The third-order valence-corrected chi connectivity index (χ3v) is 3.88. The number of nitrogens with zero attached hydrogens (tertiary/aromatic N) is 2. The van der Waals surface area contributed by atoms with Crippen molar-refractivity contribution in [3.8, 4) is 0 Å². The van der Waals surface area contributed by atoms with Crippen LogP contribution in [0, 0.1) is 12.7 Å². The van der Waals surface area contributed by atoms with Crippen LogP contribution in [0.25, 0.3) is 0 Å². The van der Waals surface area contributed by atoms with Gasteiger partial charge >= 0.3 is 0 Å². The average molecular weight is 284 g/mol. The number of benzene rings is 1. The molecule has 0 radical (unpaired) electrons. The highest BCUT2D eigenvalue weighted by molar-refractivity contribution is 7.92. The van der Waals surface area contributed by atoms with Crippen LogP contribution < -0.4 is 10.5 Å². The van der Waals surface area contributed by atoms with E-state index >= 15 is 0 Å². The van der Waals surface area contributed by atoms with E-state index in [-0.39, 0.29) is 10.6 Å². The van der Waals surface area contributed by atoms with Crippen molar-refractivity contribution in [2.45, 2.75) is 11.8 Å². The van der Waals surface area contributed by atoms with E-state index in [0.29, 0.717) is 11.5 Å². The smallest absolute Gasteiger partial charge is 0.263 e. The fourth-order valence-electron chi connectivity index (χ4n) is 1.58. The monoisotopic (exact) mass is 284 g/mol. The molecule has 8 heteroatoms. The highest BCUT2D eigenvalue weighted by Gasteiger charge is 2.17. The zero-order chi connectivity index (χ0) is 14.2. The Morgan fingerprint density at radius 3 is 2.58 bits per heavy atom. The average Bonchev–Trinajstić information content (AvgIpc) is 2.60. The first-order valence-corrected chi connectivity index (χ1v) is 6.86. The first-order valence-electron chi connectivity index (χ1n) is 5.38. The lowest BCUT2D eigenvalue weighted by atomic mass is 10.3. The van der Waals surface area contributed by atoms with Crippen molar-refractivity contribution in [1.29, 1.82) is 0 Å². The number of aromatic nitrogens is 2. The van der Waals surface area contributed by atoms with Crippen molar-refractivity contribution in [3.63, 3.8) is 0 Å². The summed E-state index contributed by atoms with van der Waals surface area (Å²) >= 11 is 0. The molecule has 0 unspecified atom stereocenters. The van der Waals surface area contributed by atoms with Crippen molar-refractivity contribution >= 4 is 21.5 Å². The number of halogens is 1. The molecular weight excluding hydrogens is 271 g/mol. The fourth-order valence-corrected chi connectivity index (χ4v) is 2.67. The van der Waals surface area contributed by atoms with E-state index in [1.54, 1.807) is 20.0 Å². The summed E-state index contributed by atoms with van der Waals surface area (Å²) in [6.45, 7) is 1.74. The Hall–Kier alpha value is -2.09. The third kappa shape index (κ3) is 2.68. The summed E-state index contributed by atoms with van der Waals surface area (Å²) in [5, 5.41) is 4.02. The van der Waals surface area contributed by atoms with Gasteiger partial charge in [-0.05, 0) is 25.1 Å². The van der Waals surface area contributed by atoms with Crippen molar-refractivity contribution in [3.05, 3.63) is 35.8 Å². The van der Waals surface area contributed by atoms with Crippen LogP contribution in [0.4, 0.5) is 15.9 Å². The Balaban J connectivity index is 2.37. The molecule has 0 amide bonds. The van der Waals surface area contributed by atoms with Crippen LogP contribution in [-0.4, -0.2) is 18.2 Å². The molecule has 3 N–H and O–H groups in total. The molecule has 0 aliphatic rings. The van der Waals surface area contributed by atoms with Crippen LogP contribution in [-0.2, 0) is 17.1 Å². The third-order valence-electron chi connectivity index (χ3n) is 2.52. The Labute approximate surface area is 110 Å². The molecule has 19 heavy (non-hydrogen) atoms. The highest BCUT2D eigenvalue weighted by atomic mass is 32.2. The minimum absolute atomic E-state index is 0.102. The van der Waals surface area contributed by atoms with Gasteiger partial charge in [0.15, 0.2) is 0 Å². The second-order valence-corrected chi connectivity index (χ2v) is 5.77. The molecule has 0 saturated heterocycles. The number of anilines is 2. The molecule has 0 bridgehead atoms. The number of rotatable bonds is 3. The van der Waals surface area contributed by atoms with E-state index in [0.717, 1.165) is 6.07 Å². The number of hydrogen-bond acceptors (Lipinski definition) is 4. The maximum Gasteiger partial charge on any atom is 0.263 e. The molecule has 0 spiro atoms. The summed E-state index contributed by atoms with van der Waals surface area (Å²) in [4.78, 5) is -0.196. The molecule has 1 heterocycles. The van der Waals surface area contributed by atoms with E-state index in [9.17, 15) is 12.8 Å². The minimum atomic E-state index is -3.87. The van der Waals surface area contributed by atoms with E-state index in [1.165, 1.54) is 16.8 Å². The molecule has 0 saturated carbocycles. The number of nitrogen functional groups attached to an aromatic ring is 1. The van der Waals surface area contributed by atoms with Gasteiger partial charge in [0.05, 0.1) is 16.3 Å². The van der Waals surface area contributed by atoms with Crippen molar-refractivity contribution < 1.29 is 12.8 Å². The second-order valence-electron chi connectivity index (χ2n) is 4.08. The Morgan fingerprint density at radius 2 is 2.05 bits per heavy atom. The standard InChI is InChI=1S/C11H13FN4O2S/c1-7-5-11(16(2)14-7)15-19(17,18)8-3-4-10(13)9(12)6-8/h3-6,15H,13H2,1-2H3. The molecule has 0 aliphatic heterocycles. The quantitative estimate of drug-likeness (QED) is 0.830. The van der Waals surface area contributed by atoms with E-state index in [1.807, 2.05) is 0 Å². The first-order chi connectivity index (χ1) is 8.79. The van der Waals surface area contributed by atoms with Gasteiger partial charge in [-0.1, -0.05) is 0 Å². The maximum atomic E-state index is 13.3. The number of aryl methyl sites for hydroxylation is 2. The minimum Gasteiger partial charge on any atom is -0.396 e. The molecule has 6 nitrogen and oxygen atoms in total. The second kappa shape index (κ2) is 4.54. The predicted octanol–water partition coefficient (Wildman–Crippen LogP) is 1.25. The van der Waals surface area contributed by atoms with Gasteiger partial charge in [-0.3, -0.25) is 9.40 Å². The number of hydrogen-bond donors (Lipinski definition) is 2. The first kappa shape index (κ1) is 13.3. The van der Waals surface area contributed by atoms with E-state index in [4.69, 9.17) is 5.73 Å². The van der Waals surface area contributed by atoms with Crippen molar-refractivity contribution in [1.82, 2.24) is 9.78 Å². The summed E-state index contributed by atoms with van der Waals surface area (Å²) in [5.41, 5.74) is 5.88. The van der Waals surface area contributed by atoms with Gasteiger partial charge in [0.2, 0.25) is 0 Å². The van der Waals surface area contributed by atoms with Crippen molar-refractivity contribution in [2.75, 3.05) is 10.5 Å². The molecule has 1 aromatic carbocycles. The van der Waals surface area contributed by atoms with Crippen LogP contribution in [0.2, 0.25) is 0 Å². The van der Waals surface area contributed by atoms with Gasteiger partial charge in [0, 0.05) is 13.1 Å². The SMILES string of the molecule is Cc1cc(NS(=O)(=O)c2ccc(N)c(F)c2)n(C)n1. The van der Waals surface area contributed by atoms with Gasteiger partial charge in [-0.2, -0.15) is 5.10 Å². The van der Waals surface area contributed by atoms with Crippen LogP contribution in [0.1, 0.15) is 5.69 Å². The van der Waals surface area contributed by atoms with E-state index < -0.39 is 15.8 Å². The molecule has 102 valence electrons. The molecule has 1 aromatic heterocycles. The maximum absolute atomic E-state index is 13.3. The molecule has 2 rings (SSSR count). The number of nitrogens with two attached hydrogens (primary N) is 1. The fraction of sp³-hybridized carbons (Fsp3) is 0.182. The molecule has 0 aliphatic carbocycles. The molecule has 2 aromatic rings. The summed E-state index contributed by atoms with van der Waals surface area (Å²) in [6.07, 6.45) is 0. The van der Waals surface area contributed by atoms with E-state index in [2.05, 4.69) is 9.82 Å². The van der Waals surface area contributed by atoms with Gasteiger partial charge in [-0.15, -0.1) is 0 Å². The highest BCUT2D eigenvalue weighted by Crippen LogP contribution is 2.19.